The van der Waals surface area contributed by atoms with Gasteiger partial charge >= 0.3 is 5.97 Å². The Labute approximate surface area is 137 Å². The van der Waals surface area contributed by atoms with E-state index in [-0.39, 0.29) is 5.97 Å². The third-order valence-corrected chi connectivity index (χ3v) is 3.52. The molecule has 0 aliphatic carbocycles. The fourth-order valence-corrected chi connectivity index (χ4v) is 2.14. The van der Waals surface area contributed by atoms with Gasteiger partial charge in [-0.05, 0) is 63.1 Å². The Hall–Kier alpha value is -2.36. The predicted octanol–water partition coefficient (Wildman–Crippen LogP) is 4.03. The van der Waals surface area contributed by atoms with E-state index >= 15 is 0 Å². The number of hydrogen-bond donors (Lipinski definition) is 0. The largest absolute Gasteiger partial charge is 0.476 e. The van der Waals surface area contributed by atoms with Crippen molar-refractivity contribution >= 4 is 5.97 Å². The molecule has 4 nitrogen and oxygen atoms in total. The van der Waals surface area contributed by atoms with Gasteiger partial charge in [0.25, 0.3) is 0 Å². The normalized spacial score (nSPS) is 11.1. The van der Waals surface area contributed by atoms with Crippen LogP contribution in [0.1, 0.15) is 33.3 Å². The summed E-state index contributed by atoms with van der Waals surface area (Å²) in [7, 11) is 0. The molecule has 0 spiro atoms. The monoisotopic (exact) mass is 313 g/mol. The van der Waals surface area contributed by atoms with Crippen LogP contribution in [-0.4, -0.2) is 23.2 Å². The van der Waals surface area contributed by atoms with Crippen LogP contribution < -0.4 is 4.74 Å². The van der Waals surface area contributed by atoms with Gasteiger partial charge in [0, 0.05) is 11.8 Å². The van der Waals surface area contributed by atoms with Gasteiger partial charge in [-0.1, -0.05) is 13.0 Å². The van der Waals surface area contributed by atoms with Gasteiger partial charge in [-0.25, -0.2) is 4.79 Å². The quantitative estimate of drug-likeness (QED) is 0.755. The van der Waals surface area contributed by atoms with Crippen molar-refractivity contribution in [3.63, 3.8) is 0 Å². The molecule has 23 heavy (non-hydrogen) atoms. The summed E-state index contributed by atoms with van der Waals surface area (Å²) in [6.45, 7) is 7.62. The molecule has 0 N–H and O–H groups in total. The van der Waals surface area contributed by atoms with E-state index in [1.807, 2.05) is 36.5 Å². The number of carbonyl (C=O) groups excluding carboxylic acids is 1. The van der Waals surface area contributed by atoms with Crippen molar-refractivity contribution in [1.82, 2.24) is 4.98 Å². The van der Waals surface area contributed by atoms with Crippen molar-refractivity contribution in [1.29, 1.82) is 0 Å². The number of carbonyl (C=O) groups is 1. The lowest BCUT2D eigenvalue weighted by atomic mass is 10.1. The van der Waals surface area contributed by atoms with Crippen LogP contribution >= 0.6 is 0 Å². The second-order valence-electron chi connectivity index (χ2n) is 5.76. The molecular formula is C19H23NO3. The molecule has 0 saturated carbocycles. The van der Waals surface area contributed by atoms with Crippen LogP contribution in [0.2, 0.25) is 0 Å². The van der Waals surface area contributed by atoms with E-state index < -0.39 is 5.60 Å². The number of benzene rings is 1. The van der Waals surface area contributed by atoms with Crippen LogP contribution in [-0.2, 0) is 16.0 Å². The van der Waals surface area contributed by atoms with Crippen molar-refractivity contribution in [2.45, 2.75) is 39.7 Å². The van der Waals surface area contributed by atoms with Crippen molar-refractivity contribution in [3.8, 4) is 17.0 Å². The molecule has 0 bridgehead atoms. The summed E-state index contributed by atoms with van der Waals surface area (Å²) in [6.07, 6.45) is 2.87. The van der Waals surface area contributed by atoms with Gasteiger partial charge < -0.3 is 9.47 Å². The van der Waals surface area contributed by atoms with Crippen molar-refractivity contribution in [2.75, 3.05) is 6.61 Å². The average molecular weight is 313 g/mol. The van der Waals surface area contributed by atoms with E-state index in [1.165, 1.54) is 5.56 Å². The highest BCUT2D eigenvalue weighted by atomic mass is 16.6. The highest BCUT2D eigenvalue weighted by Crippen LogP contribution is 2.24. The Bertz CT molecular complexity index is 645. The topological polar surface area (TPSA) is 48.4 Å². The van der Waals surface area contributed by atoms with Gasteiger partial charge in [-0.3, -0.25) is 4.98 Å². The zero-order valence-corrected chi connectivity index (χ0v) is 14.1. The first-order valence-electron chi connectivity index (χ1n) is 7.88. The minimum atomic E-state index is -1.02. The van der Waals surface area contributed by atoms with Gasteiger partial charge in [-0.15, -0.1) is 0 Å². The molecule has 0 saturated heterocycles. The summed E-state index contributed by atoms with van der Waals surface area (Å²) >= 11 is 0. The lowest BCUT2D eigenvalue weighted by Crippen LogP contribution is -2.39. The molecule has 0 fully saturated rings. The summed E-state index contributed by atoms with van der Waals surface area (Å²) in [6, 6.07) is 11.6. The molecule has 1 heterocycles. The SMILES string of the molecule is CCOC(=O)C(C)(C)Oc1ccc(-c2ccc(CC)cn2)cc1. The lowest BCUT2D eigenvalue weighted by Gasteiger charge is -2.24. The van der Waals surface area contributed by atoms with Crippen molar-refractivity contribution in [2.24, 2.45) is 0 Å². The van der Waals surface area contributed by atoms with Gasteiger partial charge in [0.05, 0.1) is 12.3 Å². The third kappa shape index (κ3) is 4.31. The summed E-state index contributed by atoms with van der Waals surface area (Å²) in [5, 5.41) is 0. The van der Waals surface area contributed by atoms with E-state index in [0.717, 1.165) is 17.7 Å². The fourth-order valence-electron chi connectivity index (χ4n) is 2.14. The number of aryl methyl sites for hydroxylation is 1. The highest BCUT2D eigenvalue weighted by Gasteiger charge is 2.31. The van der Waals surface area contributed by atoms with Crippen molar-refractivity contribution in [3.05, 3.63) is 48.2 Å². The third-order valence-electron chi connectivity index (χ3n) is 3.52. The van der Waals surface area contributed by atoms with E-state index in [0.29, 0.717) is 12.4 Å². The summed E-state index contributed by atoms with van der Waals surface area (Å²) in [5.74, 6) is 0.248. The van der Waals surface area contributed by atoms with Gasteiger partial charge in [-0.2, -0.15) is 0 Å². The molecule has 0 radical (unpaired) electrons. The molecule has 4 heteroatoms. The van der Waals surface area contributed by atoms with Crippen LogP contribution in [0.15, 0.2) is 42.6 Å². The number of hydrogen-bond acceptors (Lipinski definition) is 4. The fraction of sp³-hybridized carbons (Fsp3) is 0.368. The van der Waals surface area contributed by atoms with Crippen molar-refractivity contribution < 1.29 is 14.3 Å². The second kappa shape index (κ2) is 7.27. The molecule has 1 aromatic carbocycles. The molecule has 0 unspecified atom stereocenters. The molecule has 2 rings (SSSR count). The first-order chi connectivity index (χ1) is 11.0. The molecule has 0 aliphatic rings. The van der Waals surface area contributed by atoms with Crippen LogP contribution in [0.3, 0.4) is 0 Å². The van der Waals surface area contributed by atoms with Crippen LogP contribution in [0.5, 0.6) is 5.75 Å². The van der Waals surface area contributed by atoms with Crippen LogP contribution in [0, 0.1) is 0 Å². The Morgan fingerprint density at radius 2 is 1.78 bits per heavy atom. The maximum Gasteiger partial charge on any atom is 0.349 e. The number of aromatic nitrogens is 1. The molecular weight excluding hydrogens is 290 g/mol. The number of pyridine rings is 1. The first kappa shape index (κ1) is 17.0. The Morgan fingerprint density at radius 3 is 2.30 bits per heavy atom. The van der Waals surface area contributed by atoms with Gasteiger partial charge in [0.1, 0.15) is 5.75 Å². The second-order valence-corrected chi connectivity index (χ2v) is 5.76. The minimum absolute atomic E-state index is 0.337. The smallest absolute Gasteiger partial charge is 0.349 e. The van der Waals surface area contributed by atoms with Gasteiger partial charge in [0.15, 0.2) is 5.60 Å². The molecule has 1 aromatic heterocycles. The van der Waals surface area contributed by atoms with E-state index in [1.54, 1.807) is 20.8 Å². The standard InChI is InChI=1S/C19H23NO3/c1-5-14-7-12-17(20-13-14)15-8-10-16(11-9-15)23-19(3,4)18(21)22-6-2/h7-13H,5-6H2,1-4H3. The Balaban J connectivity index is 2.11. The highest BCUT2D eigenvalue weighted by molar-refractivity contribution is 5.79. The van der Waals surface area contributed by atoms with Crippen LogP contribution in [0.25, 0.3) is 11.3 Å². The van der Waals surface area contributed by atoms with E-state index in [2.05, 4.69) is 18.0 Å². The molecule has 0 atom stereocenters. The molecule has 2 aromatic rings. The van der Waals surface area contributed by atoms with Gasteiger partial charge in [0.2, 0.25) is 0 Å². The summed E-state index contributed by atoms with van der Waals surface area (Å²) < 4.78 is 10.8. The number of ether oxygens (including phenoxy) is 2. The Morgan fingerprint density at radius 1 is 1.09 bits per heavy atom. The first-order valence-corrected chi connectivity index (χ1v) is 7.88. The summed E-state index contributed by atoms with van der Waals surface area (Å²) in [5.41, 5.74) is 2.12. The summed E-state index contributed by atoms with van der Waals surface area (Å²) in [4.78, 5) is 16.3. The number of nitrogens with zero attached hydrogens (tertiary/aromatic N) is 1. The van der Waals surface area contributed by atoms with Crippen LogP contribution in [0.4, 0.5) is 0 Å². The number of esters is 1. The Kier molecular flexibility index (Phi) is 5.37. The van der Waals surface area contributed by atoms with E-state index in [9.17, 15) is 4.79 Å². The predicted molar refractivity (Wildman–Crippen MR) is 90.4 cm³/mol. The minimum Gasteiger partial charge on any atom is -0.476 e. The molecule has 122 valence electrons. The zero-order chi connectivity index (χ0) is 16.9. The maximum absolute atomic E-state index is 11.9. The zero-order valence-electron chi connectivity index (χ0n) is 14.1. The van der Waals surface area contributed by atoms with E-state index in [4.69, 9.17) is 9.47 Å². The number of rotatable bonds is 6. The average Bonchev–Trinajstić information content (AvgIpc) is 2.55. The molecule has 0 amide bonds. The lowest BCUT2D eigenvalue weighted by molar-refractivity contribution is -0.158. The molecule has 0 aliphatic heterocycles. The maximum atomic E-state index is 11.9.